The van der Waals surface area contributed by atoms with Gasteiger partial charge in [0.2, 0.25) is 5.13 Å². The number of aromatic nitrogens is 1. The monoisotopic (exact) mass is 410 g/mol. The van der Waals surface area contributed by atoms with Crippen LogP contribution in [0.2, 0.25) is 0 Å². The summed E-state index contributed by atoms with van der Waals surface area (Å²) >= 11 is 1.46. The molecule has 0 amide bonds. The maximum Gasteiger partial charge on any atom is 0.330 e. The number of azo groups is 1. The highest BCUT2D eigenvalue weighted by molar-refractivity contribution is 7.21. The van der Waals surface area contributed by atoms with Crippen molar-refractivity contribution in [2.45, 2.75) is 6.92 Å². The third-order valence-electron chi connectivity index (χ3n) is 4.20. The van der Waals surface area contributed by atoms with Crippen LogP contribution in [0.4, 0.5) is 16.5 Å². The summed E-state index contributed by atoms with van der Waals surface area (Å²) in [6.45, 7) is 7.14. The van der Waals surface area contributed by atoms with E-state index < -0.39 is 5.97 Å². The molecule has 0 aliphatic carbocycles. The molecule has 0 unspecified atom stereocenters. The van der Waals surface area contributed by atoms with Crippen molar-refractivity contribution < 1.29 is 14.3 Å². The number of carbonyl (C=O) groups excluding carboxylic acids is 1. The average molecular weight is 410 g/mol. The molecule has 8 heteroatoms. The fourth-order valence-electron chi connectivity index (χ4n) is 2.68. The third kappa shape index (κ3) is 5.39. The van der Waals surface area contributed by atoms with E-state index in [4.69, 9.17) is 9.47 Å². The average Bonchev–Trinajstić information content (AvgIpc) is 3.17. The molecule has 1 heterocycles. The second kappa shape index (κ2) is 9.79. The predicted octanol–water partition coefficient (Wildman–Crippen LogP) is 5.28. The van der Waals surface area contributed by atoms with Gasteiger partial charge in [-0.15, -0.1) is 10.2 Å². The van der Waals surface area contributed by atoms with Crippen molar-refractivity contribution in [2.75, 3.05) is 31.7 Å². The fraction of sp³-hybridized carbons (Fsp3) is 0.238. The molecule has 3 aromatic rings. The summed E-state index contributed by atoms with van der Waals surface area (Å²) in [6.07, 6.45) is 1.16. The summed E-state index contributed by atoms with van der Waals surface area (Å²) in [6, 6.07) is 13.4. The molecule has 0 bridgehead atoms. The Hall–Kier alpha value is -3.26. The number of likely N-dealkylation sites (N-methyl/N-ethyl adjacent to an activating group) is 1. The maximum atomic E-state index is 11.1. The zero-order chi connectivity index (χ0) is 20.6. The molecule has 3 rings (SSSR count). The summed E-state index contributed by atoms with van der Waals surface area (Å²) < 4.78 is 11.3. The lowest BCUT2D eigenvalue weighted by Gasteiger charge is -2.22. The summed E-state index contributed by atoms with van der Waals surface area (Å²) in [5.41, 5.74) is 2.63. The molecule has 0 saturated heterocycles. The highest BCUT2D eigenvalue weighted by Crippen LogP contribution is 2.32. The first-order valence-corrected chi connectivity index (χ1v) is 9.95. The lowest BCUT2D eigenvalue weighted by Crippen LogP contribution is -2.27. The lowest BCUT2D eigenvalue weighted by molar-refractivity contribution is -0.137. The van der Waals surface area contributed by atoms with Crippen LogP contribution in [0.15, 0.2) is 65.3 Å². The minimum absolute atomic E-state index is 0.308. The number of benzene rings is 2. The van der Waals surface area contributed by atoms with Gasteiger partial charge in [-0.25, -0.2) is 9.78 Å². The van der Waals surface area contributed by atoms with Gasteiger partial charge in [0.1, 0.15) is 12.4 Å². The second-order valence-electron chi connectivity index (χ2n) is 6.00. The minimum atomic E-state index is -0.412. The smallest absolute Gasteiger partial charge is 0.330 e. The van der Waals surface area contributed by atoms with Crippen molar-refractivity contribution in [3.05, 3.63) is 55.1 Å². The number of esters is 1. The molecule has 0 aliphatic rings. The van der Waals surface area contributed by atoms with Crippen LogP contribution in [0.1, 0.15) is 6.92 Å². The Labute approximate surface area is 173 Å². The Morgan fingerprint density at radius 3 is 2.72 bits per heavy atom. The van der Waals surface area contributed by atoms with Crippen LogP contribution in [0, 0.1) is 0 Å². The number of hydrogen-bond acceptors (Lipinski definition) is 8. The van der Waals surface area contributed by atoms with Gasteiger partial charge in [0.25, 0.3) is 0 Å². The van der Waals surface area contributed by atoms with Crippen LogP contribution in [0.3, 0.4) is 0 Å². The van der Waals surface area contributed by atoms with Crippen LogP contribution < -0.4 is 9.64 Å². The van der Waals surface area contributed by atoms with Crippen molar-refractivity contribution in [3.63, 3.8) is 0 Å². The molecule has 0 fully saturated rings. The highest BCUT2D eigenvalue weighted by Gasteiger charge is 2.07. The fourth-order valence-corrected chi connectivity index (χ4v) is 3.49. The minimum Gasteiger partial charge on any atom is -0.497 e. The summed E-state index contributed by atoms with van der Waals surface area (Å²) in [7, 11) is 1.64. The lowest BCUT2D eigenvalue weighted by atomic mass is 10.2. The third-order valence-corrected chi connectivity index (χ3v) is 5.11. The first kappa shape index (κ1) is 20.5. The molecule has 150 valence electrons. The Kier molecular flexibility index (Phi) is 6.91. The number of hydrogen-bond donors (Lipinski definition) is 0. The first-order chi connectivity index (χ1) is 14.1. The molecular weight excluding hydrogens is 388 g/mol. The quantitative estimate of drug-likeness (QED) is 0.273. The normalized spacial score (nSPS) is 11.0. The van der Waals surface area contributed by atoms with Crippen LogP contribution in [-0.2, 0) is 9.53 Å². The Morgan fingerprint density at radius 2 is 2.03 bits per heavy atom. The molecule has 0 saturated carbocycles. The molecule has 1 aromatic heterocycles. The van der Waals surface area contributed by atoms with Gasteiger partial charge in [-0.2, -0.15) is 0 Å². The van der Waals surface area contributed by atoms with Gasteiger partial charge in [-0.3, -0.25) is 0 Å². The van der Waals surface area contributed by atoms with E-state index >= 15 is 0 Å². The number of thiazole rings is 1. The van der Waals surface area contributed by atoms with E-state index in [9.17, 15) is 4.79 Å². The van der Waals surface area contributed by atoms with E-state index in [0.717, 1.165) is 40.0 Å². The summed E-state index contributed by atoms with van der Waals surface area (Å²) in [4.78, 5) is 17.7. The van der Waals surface area contributed by atoms with Gasteiger partial charge >= 0.3 is 5.97 Å². The summed E-state index contributed by atoms with van der Waals surface area (Å²) in [5.74, 6) is 0.380. The van der Waals surface area contributed by atoms with Gasteiger partial charge in [0, 0.05) is 18.3 Å². The Bertz CT molecular complexity index is 1010. The molecule has 2 aromatic carbocycles. The standard InChI is InChI=1S/C21H22N4O3S/c1-4-20(26)28-13-12-25(5-2)16-8-6-15(7-9-16)23-24-21-22-18-11-10-17(27-3)14-19(18)29-21/h4,6-11,14H,1,5,12-13H2,2-3H3. The van der Waals surface area contributed by atoms with E-state index in [1.807, 2.05) is 49.4 Å². The van der Waals surface area contributed by atoms with Gasteiger partial charge in [-0.05, 0) is 49.4 Å². The number of methoxy groups -OCH3 is 1. The molecule has 0 aliphatic heterocycles. The Morgan fingerprint density at radius 1 is 1.24 bits per heavy atom. The number of rotatable bonds is 9. The molecule has 29 heavy (non-hydrogen) atoms. The zero-order valence-electron chi connectivity index (χ0n) is 16.4. The Balaban J connectivity index is 1.64. The van der Waals surface area contributed by atoms with E-state index in [1.165, 1.54) is 11.3 Å². The molecule has 0 N–H and O–H groups in total. The predicted molar refractivity (Wildman–Crippen MR) is 116 cm³/mol. The number of carbonyl (C=O) groups is 1. The van der Waals surface area contributed by atoms with E-state index in [2.05, 4.69) is 26.7 Å². The number of fused-ring (bicyclic) bond motifs is 1. The van der Waals surface area contributed by atoms with Crippen molar-refractivity contribution >= 4 is 44.0 Å². The number of ether oxygens (including phenoxy) is 2. The van der Waals surface area contributed by atoms with Crippen LogP contribution in [0.5, 0.6) is 5.75 Å². The van der Waals surface area contributed by atoms with Crippen LogP contribution in [-0.4, -0.2) is 37.8 Å². The van der Waals surface area contributed by atoms with Crippen LogP contribution in [0.25, 0.3) is 10.2 Å². The summed E-state index contributed by atoms with van der Waals surface area (Å²) in [5, 5.41) is 9.13. The maximum absolute atomic E-state index is 11.1. The van der Waals surface area contributed by atoms with E-state index in [-0.39, 0.29) is 0 Å². The largest absolute Gasteiger partial charge is 0.497 e. The van der Waals surface area contributed by atoms with Crippen LogP contribution >= 0.6 is 11.3 Å². The van der Waals surface area contributed by atoms with Gasteiger partial charge in [-0.1, -0.05) is 17.9 Å². The molecule has 0 radical (unpaired) electrons. The van der Waals surface area contributed by atoms with Gasteiger partial charge in [0.05, 0.1) is 29.6 Å². The molecule has 7 nitrogen and oxygen atoms in total. The number of nitrogens with zero attached hydrogens (tertiary/aromatic N) is 4. The highest BCUT2D eigenvalue weighted by atomic mass is 32.1. The van der Waals surface area contributed by atoms with Gasteiger partial charge in [0.15, 0.2) is 0 Å². The molecule has 0 spiro atoms. The van der Waals surface area contributed by atoms with E-state index in [1.54, 1.807) is 7.11 Å². The topological polar surface area (TPSA) is 76.4 Å². The van der Waals surface area contributed by atoms with Gasteiger partial charge < -0.3 is 14.4 Å². The zero-order valence-corrected chi connectivity index (χ0v) is 17.2. The second-order valence-corrected chi connectivity index (χ2v) is 7.01. The number of anilines is 1. The van der Waals surface area contributed by atoms with Crippen molar-refractivity contribution in [2.24, 2.45) is 10.2 Å². The first-order valence-electron chi connectivity index (χ1n) is 9.13. The SMILES string of the molecule is C=CC(=O)OCCN(CC)c1ccc(N=Nc2nc3ccc(OC)cc3s2)cc1. The molecule has 0 atom stereocenters. The van der Waals surface area contributed by atoms with Crippen molar-refractivity contribution in [1.82, 2.24) is 4.98 Å². The van der Waals surface area contributed by atoms with E-state index in [0.29, 0.717) is 18.3 Å². The van der Waals surface area contributed by atoms with Crippen molar-refractivity contribution in [3.8, 4) is 5.75 Å². The molecular formula is C21H22N4O3S. The van der Waals surface area contributed by atoms with Crippen molar-refractivity contribution in [1.29, 1.82) is 0 Å².